The van der Waals surface area contributed by atoms with Gasteiger partial charge in [-0.1, -0.05) is 0 Å². The third-order valence-electron chi connectivity index (χ3n) is 3.34. The lowest BCUT2D eigenvalue weighted by molar-refractivity contribution is -0.141. The molecule has 2 heterocycles. The van der Waals surface area contributed by atoms with Gasteiger partial charge in [0.1, 0.15) is 0 Å². The summed E-state index contributed by atoms with van der Waals surface area (Å²) in [6.45, 7) is 2.46. The fourth-order valence-electron chi connectivity index (χ4n) is 2.12. The fourth-order valence-corrected chi connectivity index (χ4v) is 2.12. The van der Waals surface area contributed by atoms with Crippen LogP contribution in [0.1, 0.15) is 12.1 Å². The van der Waals surface area contributed by atoms with Crippen molar-refractivity contribution in [1.29, 1.82) is 0 Å². The zero-order chi connectivity index (χ0) is 14.7. The van der Waals surface area contributed by atoms with E-state index in [9.17, 15) is 9.59 Å². The van der Waals surface area contributed by atoms with E-state index in [1.807, 2.05) is 0 Å². The number of rotatable bonds is 3. The number of aromatic nitrogens is 1. The first-order valence-corrected chi connectivity index (χ1v) is 6.31. The van der Waals surface area contributed by atoms with Crippen LogP contribution in [-0.4, -0.2) is 47.2 Å². The Morgan fingerprint density at radius 1 is 1.50 bits per heavy atom. The summed E-state index contributed by atoms with van der Waals surface area (Å²) in [6.07, 6.45) is 0.489. The second-order valence-corrected chi connectivity index (χ2v) is 4.69. The van der Waals surface area contributed by atoms with Gasteiger partial charge in [-0.15, -0.1) is 0 Å². The number of aryl methyl sites for hydroxylation is 1. The molecule has 0 aliphatic carbocycles. The molecule has 1 aromatic rings. The molecule has 20 heavy (non-hydrogen) atoms. The number of carbonyl (C=O) groups is 2. The Morgan fingerprint density at radius 3 is 2.80 bits per heavy atom. The van der Waals surface area contributed by atoms with Crippen molar-refractivity contribution in [1.82, 2.24) is 9.88 Å². The second-order valence-electron chi connectivity index (χ2n) is 4.69. The molecule has 2 amide bonds. The molecule has 1 aliphatic heterocycles. The molecule has 1 unspecified atom stereocenters. The molecule has 2 N–H and O–H groups in total. The van der Waals surface area contributed by atoms with Crippen molar-refractivity contribution in [2.75, 3.05) is 25.5 Å². The molecule has 1 aromatic heterocycles. The van der Waals surface area contributed by atoms with Gasteiger partial charge in [-0.25, -0.2) is 9.78 Å². The predicted molar refractivity (Wildman–Crippen MR) is 71.9 cm³/mol. The van der Waals surface area contributed by atoms with Crippen LogP contribution >= 0.6 is 0 Å². The van der Waals surface area contributed by atoms with Gasteiger partial charge in [0.25, 0.3) is 0 Å². The molecule has 7 heteroatoms. The van der Waals surface area contributed by atoms with Gasteiger partial charge in [0, 0.05) is 19.2 Å². The number of methoxy groups -OCH3 is 1. The molecule has 0 radical (unpaired) electrons. The van der Waals surface area contributed by atoms with Gasteiger partial charge in [0.15, 0.2) is 0 Å². The summed E-state index contributed by atoms with van der Waals surface area (Å²) in [5.41, 5.74) is 1.24. The van der Waals surface area contributed by atoms with E-state index in [2.05, 4.69) is 10.3 Å². The number of aliphatic carboxylic acids is 1. The monoisotopic (exact) mass is 279 g/mol. The maximum absolute atomic E-state index is 12.1. The number of nitrogens with zero attached hydrogens (tertiary/aromatic N) is 2. The van der Waals surface area contributed by atoms with E-state index in [1.165, 1.54) is 12.0 Å². The molecule has 1 aliphatic rings. The Kier molecular flexibility index (Phi) is 4.07. The van der Waals surface area contributed by atoms with Gasteiger partial charge in [0.2, 0.25) is 5.88 Å². The standard InChI is InChI=1S/C13H17N3O4/c1-8-10(3-4-11(14-8)20-2)15-13(19)16-6-5-9(7-16)12(17)18/h3-4,9H,5-7H2,1-2H3,(H,15,19)(H,17,18). The van der Waals surface area contributed by atoms with Crippen molar-refractivity contribution < 1.29 is 19.4 Å². The van der Waals surface area contributed by atoms with Crippen LogP contribution < -0.4 is 10.1 Å². The zero-order valence-corrected chi connectivity index (χ0v) is 11.4. The maximum atomic E-state index is 12.1. The second kappa shape index (κ2) is 5.77. The number of urea groups is 1. The van der Waals surface area contributed by atoms with Crippen molar-refractivity contribution in [3.63, 3.8) is 0 Å². The Hall–Kier alpha value is -2.31. The van der Waals surface area contributed by atoms with E-state index in [1.54, 1.807) is 19.1 Å². The van der Waals surface area contributed by atoms with E-state index in [4.69, 9.17) is 9.84 Å². The van der Waals surface area contributed by atoms with Crippen molar-refractivity contribution in [3.05, 3.63) is 17.8 Å². The Bertz CT molecular complexity index is 532. The number of hydrogen-bond donors (Lipinski definition) is 2. The first kappa shape index (κ1) is 14.1. The minimum atomic E-state index is -0.859. The summed E-state index contributed by atoms with van der Waals surface area (Å²) in [7, 11) is 1.52. The van der Waals surface area contributed by atoms with Crippen LogP contribution in [-0.2, 0) is 4.79 Å². The highest BCUT2D eigenvalue weighted by Gasteiger charge is 2.30. The molecule has 0 saturated carbocycles. The summed E-state index contributed by atoms with van der Waals surface area (Å²) in [5, 5.41) is 11.7. The highest BCUT2D eigenvalue weighted by Crippen LogP contribution is 2.20. The summed E-state index contributed by atoms with van der Waals surface area (Å²) in [5.74, 6) is -0.856. The summed E-state index contributed by atoms with van der Waals surface area (Å²) in [4.78, 5) is 28.6. The Balaban J connectivity index is 2.00. The zero-order valence-electron chi connectivity index (χ0n) is 11.4. The van der Waals surface area contributed by atoms with Crippen LogP contribution in [0.4, 0.5) is 10.5 Å². The lowest BCUT2D eigenvalue weighted by atomic mass is 10.1. The lowest BCUT2D eigenvalue weighted by Crippen LogP contribution is -2.34. The highest BCUT2D eigenvalue weighted by molar-refractivity contribution is 5.90. The SMILES string of the molecule is COc1ccc(NC(=O)N2CCC(C(=O)O)C2)c(C)n1. The van der Waals surface area contributed by atoms with E-state index >= 15 is 0 Å². The molecule has 0 bridgehead atoms. The fraction of sp³-hybridized carbons (Fsp3) is 0.462. The predicted octanol–water partition coefficient (Wildman–Crippen LogP) is 1.34. The van der Waals surface area contributed by atoms with Crippen molar-refractivity contribution in [3.8, 4) is 5.88 Å². The first-order chi connectivity index (χ1) is 9.51. The first-order valence-electron chi connectivity index (χ1n) is 6.31. The number of pyridine rings is 1. The lowest BCUT2D eigenvalue weighted by Gasteiger charge is -2.17. The number of nitrogens with one attached hydrogen (secondary N) is 1. The largest absolute Gasteiger partial charge is 0.481 e. The molecule has 2 rings (SSSR count). The maximum Gasteiger partial charge on any atom is 0.321 e. The van der Waals surface area contributed by atoms with Crippen LogP contribution in [0.15, 0.2) is 12.1 Å². The molecule has 0 spiro atoms. The van der Waals surface area contributed by atoms with Crippen LogP contribution in [0.5, 0.6) is 5.88 Å². The number of carboxylic acids is 1. The van der Waals surface area contributed by atoms with Crippen molar-refractivity contribution in [2.24, 2.45) is 5.92 Å². The Morgan fingerprint density at radius 2 is 2.25 bits per heavy atom. The quantitative estimate of drug-likeness (QED) is 0.871. The molecule has 0 aromatic carbocycles. The van der Waals surface area contributed by atoms with Crippen molar-refractivity contribution >= 4 is 17.7 Å². The van der Waals surface area contributed by atoms with Gasteiger partial charge >= 0.3 is 12.0 Å². The van der Waals surface area contributed by atoms with Gasteiger partial charge in [-0.2, -0.15) is 0 Å². The molecule has 108 valence electrons. The summed E-state index contributed by atoms with van der Waals surface area (Å²) >= 11 is 0. The summed E-state index contributed by atoms with van der Waals surface area (Å²) in [6, 6.07) is 3.07. The van der Waals surface area contributed by atoms with Gasteiger partial charge in [-0.3, -0.25) is 4.79 Å². The molecule has 1 saturated heterocycles. The minimum absolute atomic E-state index is 0.240. The third-order valence-corrected chi connectivity index (χ3v) is 3.34. The summed E-state index contributed by atoms with van der Waals surface area (Å²) < 4.78 is 5.00. The van der Waals surface area contributed by atoms with Gasteiger partial charge in [0.05, 0.1) is 24.4 Å². The van der Waals surface area contributed by atoms with Crippen LogP contribution in [0.25, 0.3) is 0 Å². The van der Waals surface area contributed by atoms with Crippen LogP contribution in [0.2, 0.25) is 0 Å². The third kappa shape index (κ3) is 2.98. The number of anilines is 1. The number of amides is 2. The van der Waals surface area contributed by atoms with Crippen LogP contribution in [0, 0.1) is 12.8 Å². The minimum Gasteiger partial charge on any atom is -0.481 e. The van der Waals surface area contributed by atoms with E-state index in [0.29, 0.717) is 30.2 Å². The van der Waals surface area contributed by atoms with E-state index in [0.717, 1.165) is 0 Å². The molecule has 1 fully saturated rings. The topological polar surface area (TPSA) is 91.8 Å². The normalized spacial score (nSPS) is 17.9. The van der Waals surface area contributed by atoms with Gasteiger partial charge < -0.3 is 20.1 Å². The number of likely N-dealkylation sites (tertiary alicyclic amines) is 1. The number of carboxylic acid groups (broad SMARTS) is 1. The molecular formula is C13H17N3O4. The molecular weight excluding hydrogens is 262 g/mol. The van der Waals surface area contributed by atoms with Crippen molar-refractivity contribution in [2.45, 2.75) is 13.3 Å². The average Bonchev–Trinajstić information content (AvgIpc) is 2.91. The highest BCUT2D eigenvalue weighted by atomic mass is 16.5. The number of hydrogen-bond acceptors (Lipinski definition) is 4. The van der Waals surface area contributed by atoms with E-state index < -0.39 is 11.9 Å². The molecule has 1 atom stereocenters. The van der Waals surface area contributed by atoms with Gasteiger partial charge in [-0.05, 0) is 19.4 Å². The molecule has 7 nitrogen and oxygen atoms in total. The average molecular weight is 279 g/mol. The number of ether oxygens (including phenoxy) is 1. The Labute approximate surface area is 116 Å². The smallest absolute Gasteiger partial charge is 0.321 e. The van der Waals surface area contributed by atoms with E-state index in [-0.39, 0.29) is 12.6 Å². The number of carbonyl (C=O) groups excluding carboxylic acids is 1. The van der Waals surface area contributed by atoms with Crippen LogP contribution in [0.3, 0.4) is 0 Å².